The maximum Gasteiger partial charge on any atom is 0.0522 e. The van der Waals surface area contributed by atoms with Gasteiger partial charge in [-0.15, -0.1) is 0 Å². The number of ether oxygens (including phenoxy) is 1. The van der Waals surface area contributed by atoms with Crippen molar-refractivity contribution >= 4 is 0 Å². The SMILES string of the molecule is CCCNC(Cc1cnn(C)c1)C1CCOC1. The Kier molecular flexibility index (Phi) is 4.57. The van der Waals surface area contributed by atoms with E-state index >= 15 is 0 Å². The normalized spacial score (nSPS) is 21.9. The Balaban J connectivity index is 1.94. The molecule has 1 aliphatic rings. The summed E-state index contributed by atoms with van der Waals surface area (Å²) in [5.74, 6) is 0.654. The molecule has 17 heavy (non-hydrogen) atoms. The number of hydrogen-bond acceptors (Lipinski definition) is 3. The third-order valence-electron chi connectivity index (χ3n) is 3.40. The van der Waals surface area contributed by atoms with Crippen LogP contribution in [0.15, 0.2) is 12.4 Å². The number of aryl methyl sites for hydroxylation is 1. The fourth-order valence-electron chi connectivity index (χ4n) is 2.44. The van der Waals surface area contributed by atoms with Crippen LogP contribution in [0.25, 0.3) is 0 Å². The lowest BCUT2D eigenvalue weighted by atomic mass is 9.94. The minimum atomic E-state index is 0.529. The van der Waals surface area contributed by atoms with Crippen molar-refractivity contribution < 1.29 is 4.74 Å². The summed E-state index contributed by atoms with van der Waals surface area (Å²) in [6.45, 7) is 5.12. The molecular formula is C13H23N3O. The largest absolute Gasteiger partial charge is 0.381 e. The first-order valence-electron chi connectivity index (χ1n) is 6.58. The van der Waals surface area contributed by atoms with Crippen LogP contribution in [0.5, 0.6) is 0 Å². The van der Waals surface area contributed by atoms with E-state index in [0.717, 1.165) is 26.2 Å². The molecule has 1 N–H and O–H groups in total. The summed E-state index contributed by atoms with van der Waals surface area (Å²) in [6.07, 6.45) is 7.49. The van der Waals surface area contributed by atoms with E-state index in [-0.39, 0.29) is 0 Å². The number of hydrogen-bond donors (Lipinski definition) is 1. The maximum atomic E-state index is 5.50. The van der Waals surface area contributed by atoms with Gasteiger partial charge in [-0.2, -0.15) is 5.10 Å². The average molecular weight is 237 g/mol. The molecule has 0 amide bonds. The highest BCUT2D eigenvalue weighted by molar-refractivity contribution is 5.07. The third kappa shape index (κ3) is 3.54. The van der Waals surface area contributed by atoms with Gasteiger partial charge in [0, 0.05) is 31.8 Å². The van der Waals surface area contributed by atoms with Crippen LogP contribution in [0.1, 0.15) is 25.3 Å². The number of rotatable bonds is 6. The van der Waals surface area contributed by atoms with E-state index in [0.29, 0.717) is 12.0 Å². The molecule has 1 fully saturated rings. The van der Waals surface area contributed by atoms with E-state index in [1.165, 1.54) is 18.4 Å². The molecule has 4 nitrogen and oxygen atoms in total. The first kappa shape index (κ1) is 12.6. The van der Waals surface area contributed by atoms with Crippen LogP contribution in [0.3, 0.4) is 0 Å². The number of aromatic nitrogens is 2. The van der Waals surface area contributed by atoms with Crippen molar-refractivity contribution in [2.75, 3.05) is 19.8 Å². The summed E-state index contributed by atoms with van der Waals surface area (Å²) >= 11 is 0. The lowest BCUT2D eigenvalue weighted by Gasteiger charge is -2.23. The predicted octanol–water partition coefficient (Wildman–Crippen LogP) is 1.37. The Morgan fingerprint density at radius 3 is 3.12 bits per heavy atom. The second kappa shape index (κ2) is 6.17. The Morgan fingerprint density at radius 1 is 1.65 bits per heavy atom. The summed E-state index contributed by atoms with van der Waals surface area (Å²) in [6, 6.07) is 0.529. The van der Waals surface area contributed by atoms with Crippen molar-refractivity contribution in [3.05, 3.63) is 18.0 Å². The minimum Gasteiger partial charge on any atom is -0.381 e. The number of nitrogens with one attached hydrogen (secondary N) is 1. The molecule has 1 aromatic rings. The molecule has 2 heterocycles. The molecule has 0 spiro atoms. The highest BCUT2D eigenvalue weighted by Gasteiger charge is 2.25. The van der Waals surface area contributed by atoms with Gasteiger partial charge in [0.15, 0.2) is 0 Å². The van der Waals surface area contributed by atoms with Gasteiger partial charge in [0.05, 0.1) is 12.8 Å². The Labute approximate surface area is 103 Å². The molecule has 0 aromatic carbocycles. The molecule has 2 unspecified atom stereocenters. The topological polar surface area (TPSA) is 39.1 Å². The zero-order chi connectivity index (χ0) is 12.1. The van der Waals surface area contributed by atoms with E-state index in [1.807, 2.05) is 17.9 Å². The van der Waals surface area contributed by atoms with Crippen LogP contribution in [0, 0.1) is 5.92 Å². The molecular weight excluding hydrogens is 214 g/mol. The molecule has 96 valence electrons. The molecule has 0 aliphatic carbocycles. The molecule has 0 bridgehead atoms. The first-order valence-corrected chi connectivity index (χ1v) is 6.58. The summed E-state index contributed by atoms with van der Waals surface area (Å²) in [5.41, 5.74) is 1.31. The average Bonchev–Trinajstić information content (AvgIpc) is 2.95. The van der Waals surface area contributed by atoms with Crippen LogP contribution < -0.4 is 5.32 Å². The quantitative estimate of drug-likeness (QED) is 0.812. The molecule has 1 aromatic heterocycles. The second-order valence-electron chi connectivity index (χ2n) is 4.91. The molecule has 0 radical (unpaired) electrons. The monoisotopic (exact) mass is 237 g/mol. The van der Waals surface area contributed by atoms with E-state index < -0.39 is 0 Å². The second-order valence-corrected chi connectivity index (χ2v) is 4.91. The van der Waals surface area contributed by atoms with Gasteiger partial charge in [-0.3, -0.25) is 4.68 Å². The van der Waals surface area contributed by atoms with Crippen LogP contribution in [0.4, 0.5) is 0 Å². The van der Waals surface area contributed by atoms with Crippen LogP contribution in [-0.2, 0) is 18.2 Å². The highest BCUT2D eigenvalue weighted by atomic mass is 16.5. The Hall–Kier alpha value is -0.870. The van der Waals surface area contributed by atoms with Gasteiger partial charge in [0.25, 0.3) is 0 Å². The molecule has 1 aliphatic heterocycles. The van der Waals surface area contributed by atoms with E-state index in [4.69, 9.17) is 4.74 Å². The van der Waals surface area contributed by atoms with Gasteiger partial charge in [0.1, 0.15) is 0 Å². The van der Waals surface area contributed by atoms with Crippen molar-refractivity contribution in [3.63, 3.8) is 0 Å². The Bertz CT molecular complexity index is 331. The van der Waals surface area contributed by atoms with Crippen molar-refractivity contribution in [1.82, 2.24) is 15.1 Å². The molecule has 4 heteroatoms. The smallest absolute Gasteiger partial charge is 0.0522 e. The summed E-state index contributed by atoms with van der Waals surface area (Å²) < 4.78 is 7.37. The molecule has 2 rings (SSSR count). The first-order chi connectivity index (χ1) is 8.29. The fourth-order valence-corrected chi connectivity index (χ4v) is 2.44. The van der Waals surface area contributed by atoms with E-state index in [1.54, 1.807) is 0 Å². The van der Waals surface area contributed by atoms with Gasteiger partial charge in [-0.1, -0.05) is 6.92 Å². The summed E-state index contributed by atoms with van der Waals surface area (Å²) in [4.78, 5) is 0. The fraction of sp³-hybridized carbons (Fsp3) is 0.769. The van der Waals surface area contributed by atoms with Crippen LogP contribution in [-0.4, -0.2) is 35.6 Å². The van der Waals surface area contributed by atoms with Crippen molar-refractivity contribution in [2.45, 2.75) is 32.2 Å². The van der Waals surface area contributed by atoms with Crippen molar-refractivity contribution in [2.24, 2.45) is 13.0 Å². The summed E-state index contributed by atoms with van der Waals surface area (Å²) in [7, 11) is 1.97. The van der Waals surface area contributed by atoms with Crippen LogP contribution in [0.2, 0.25) is 0 Å². The van der Waals surface area contributed by atoms with Gasteiger partial charge in [0.2, 0.25) is 0 Å². The third-order valence-corrected chi connectivity index (χ3v) is 3.40. The Morgan fingerprint density at radius 2 is 2.53 bits per heavy atom. The van der Waals surface area contributed by atoms with Gasteiger partial charge in [-0.25, -0.2) is 0 Å². The van der Waals surface area contributed by atoms with E-state index in [2.05, 4.69) is 23.5 Å². The van der Waals surface area contributed by atoms with Gasteiger partial charge < -0.3 is 10.1 Å². The lowest BCUT2D eigenvalue weighted by Crippen LogP contribution is -2.38. The zero-order valence-corrected chi connectivity index (χ0v) is 10.9. The molecule has 0 saturated carbocycles. The van der Waals surface area contributed by atoms with Crippen molar-refractivity contribution in [3.8, 4) is 0 Å². The standard InChI is InChI=1S/C13H23N3O/c1-3-5-14-13(12-4-6-17-10-12)7-11-8-15-16(2)9-11/h8-9,12-14H,3-7,10H2,1-2H3. The zero-order valence-electron chi connectivity index (χ0n) is 10.9. The van der Waals surface area contributed by atoms with Gasteiger partial charge in [-0.05, 0) is 31.4 Å². The lowest BCUT2D eigenvalue weighted by molar-refractivity contribution is 0.176. The summed E-state index contributed by atoms with van der Waals surface area (Å²) in [5, 5.41) is 7.89. The minimum absolute atomic E-state index is 0.529. The van der Waals surface area contributed by atoms with Crippen LogP contribution >= 0.6 is 0 Å². The van der Waals surface area contributed by atoms with E-state index in [9.17, 15) is 0 Å². The molecule has 2 atom stereocenters. The molecule has 1 saturated heterocycles. The number of nitrogens with zero attached hydrogens (tertiary/aromatic N) is 2. The van der Waals surface area contributed by atoms with Crippen molar-refractivity contribution in [1.29, 1.82) is 0 Å². The highest BCUT2D eigenvalue weighted by Crippen LogP contribution is 2.19. The maximum absolute atomic E-state index is 5.50. The predicted molar refractivity (Wildman–Crippen MR) is 67.9 cm³/mol. The van der Waals surface area contributed by atoms with Gasteiger partial charge >= 0.3 is 0 Å².